The van der Waals surface area contributed by atoms with Crippen LogP contribution in [0.2, 0.25) is 0 Å². The molecule has 51 valence electrons. The van der Waals surface area contributed by atoms with E-state index in [1.165, 1.54) is 6.08 Å². The van der Waals surface area contributed by atoms with Crippen molar-refractivity contribution in [3.05, 3.63) is 40.6 Å². The van der Waals surface area contributed by atoms with Crippen LogP contribution in [0.4, 0.5) is 0 Å². The van der Waals surface area contributed by atoms with Gasteiger partial charge in [0.15, 0.2) is 0 Å². The third-order valence-electron chi connectivity index (χ3n) is 1.13. The summed E-state index contributed by atoms with van der Waals surface area (Å²) in [4.78, 5) is 0. The lowest BCUT2D eigenvalue weighted by atomic mass is 10.2. The van der Waals surface area contributed by atoms with Gasteiger partial charge in [-0.25, -0.2) is 0 Å². The predicted molar refractivity (Wildman–Crippen MR) is 43.9 cm³/mol. The monoisotopic (exact) mass is 197 g/mol. The van der Waals surface area contributed by atoms with Crippen molar-refractivity contribution < 1.29 is 5.11 Å². The quantitative estimate of drug-likeness (QED) is 0.618. The summed E-state index contributed by atoms with van der Waals surface area (Å²) in [6, 6.07) is 7.54. The van der Waals surface area contributed by atoms with Crippen LogP contribution in [0.15, 0.2) is 35.0 Å². The van der Waals surface area contributed by atoms with Gasteiger partial charge in [-0.2, -0.15) is 0 Å². The zero-order valence-electron chi connectivity index (χ0n) is 5.25. The van der Waals surface area contributed by atoms with Gasteiger partial charge in [0.2, 0.25) is 0 Å². The van der Waals surface area contributed by atoms with Crippen molar-refractivity contribution in [1.29, 1.82) is 0 Å². The minimum absolute atomic E-state index is 0.781. The molecule has 0 N–H and O–H groups in total. The van der Waals surface area contributed by atoms with Crippen molar-refractivity contribution in [2.45, 2.75) is 0 Å². The highest BCUT2D eigenvalue weighted by molar-refractivity contribution is 9.10. The minimum atomic E-state index is 0.781. The summed E-state index contributed by atoms with van der Waals surface area (Å²) in [5, 5.41) is 9.99. The van der Waals surface area contributed by atoms with E-state index in [2.05, 4.69) is 15.9 Å². The molecule has 1 aromatic carbocycles. The molecule has 1 rings (SSSR count). The fraction of sp³-hybridized carbons (Fsp3) is 0. The normalized spacial score (nSPS) is 10.5. The molecule has 2 heteroatoms. The first-order valence-electron chi connectivity index (χ1n) is 2.87. The van der Waals surface area contributed by atoms with Gasteiger partial charge in [0, 0.05) is 4.47 Å². The fourth-order valence-electron chi connectivity index (χ4n) is 0.652. The Morgan fingerprint density at radius 3 is 2.30 bits per heavy atom. The highest BCUT2D eigenvalue weighted by atomic mass is 79.9. The Morgan fingerprint density at radius 2 is 1.80 bits per heavy atom. The Hall–Kier alpha value is -0.760. The van der Waals surface area contributed by atoms with Crippen LogP contribution in [0, 0.1) is 0 Å². The lowest BCUT2D eigenvalue weighted by Crippen LogP contribution is -1.68. The van der Waals surface area contributed by atoms with E-state index in [4.69, 9.17) is 0 Å². The van der Waals surface area contributed by atoms with Crippen LogP contribution >= 0.6 is 15.9 Å². The summed E-state index contributed by atoms with van der Waals surface area (Å²) in [5.74, 6) is 0. The topological polar surface area (TPSA) is 19.9 Å². The van der Waals surface area contributed by atoms with Crippen LogP contribution in [-0.2, 0) is 5.11 Å². The van der Waals surface area contributed by atoms with E-state index < -0.39 is 0 Å². The summed E-state index contributed by atoms with van der Waals surface area (Å²) in [7, 11) is 0. The molecule has 0 spiro atoms. The first-order valence-corrected chi connectivity index (χ1v) is 3.66. The summed E-state index contributed by atoms with van der Waals surface area (Å²) >= 11 is 3.29. The molecule has 0 heterocycles. The van der Waals surface area contributed by atoms with Crippen molar-refractivity contribution in [2.75, 3.05) is 0 Å². The number of hydrogen-bond acceptors (Lipinski definition) is 0. The first kappa shape index (κ1) is 7.35. The van der Waals surface area contributed by atoms with Crippen LogP contribution in [0.5, 0.6) is 0 Å². The van der Waals surface area contributed by atoms with Crippen LogP contribution in [0.1, 0.15) is 5.56 Å². The van der Waals surface area contributed by atoms with E-state index in [0.717, 1.165) is 16.3 Å². The van der Waals surface area contributed by atoms with Crippen LogP contribution < -0.4 is 0 Å². The lowest BCUT2D eigenvalue weighted by molar-refractivity contribution is 0.355. The van der Waals surface area contributed by atoms with Crippen LogP contribution in [0.25, 0.3) is 6.08 Å². The van der Waals surface area contributed by atoms with Gasteiger partial charge in [0.05, 0.1) is 0 Å². The zero-order chi connectivity index (χ0) is 7.40. The molecule has 10 heavy (non-hydrogen) atoms. The van der Waals surface area contributed by atoms with Crippen molar-refractivity contribution in [2.24, 2.45) is 0 Å². The van der Waals surface area contributed by atoms with E-state index in [9.17, 15) is 5.11 Å². The van der Waals surface area contributed by atoms with E-state index in [1.807, 2.05) is 24.3 Å². The van der Waals surface area contributed by atoms with Gasteiger partial charge in [0.1, 0.15) is 6.26 Å². The maximum absolute atomic E-state index is 9.99. The van der Waals surface area contributed by atoms with Crippen molar-refractivity contribution in [3.8, 4) is 0 Å². The second-order valence-electron chi connectivity index (χ2n) is 1.85. The highest BCUT2D eigenvalue weighted by Gasteiger charge is 1.85. The van der Waals surface area contributed by atoms with Crippen LogP contribution in [0.3, 0.4) is 0 Å². The Balaban J connectivity index is 2.89. The number of hydrogen-bond donors (Lipinski definition) is 0. The molecule has 1 nitrogen and oxygen atoms in total. The molecule has 0 aliphatic rings. The van der Waals surface area contributed by atoms with E-state index in [0.29, 0.717) is 0 Å². The molecular weight excluding hydrogens is 192 g/mol. The minimum Gasteiger partial charge on any atom is -0.299 e. The van der Waals surface area contributed by atoms with Gasteiger partial charge in [0.25, 0.3) is 0 Å². The Kier molecular flexibility index (Phi) is 2.51. The molecule has 0 atom stereocenters. The second-order valence-corrected chi connectivity index (χ2v) is 2.77. The molecule has 0 aliphatic heterocycles. The Bertz CT molecular complexity index is 226. The second kappa shape index (κ2) is 3.42. The summed E-state index contributed by atoms with van der Waals surface area (Å²) < 4.78 is 1.02. The SMILES string of the molecule is [O]C=Cc1ccc(Br)cc1. The van der Waals surface area contributed by atoms with Crippen molar-refractivity contribution in [1.82, 2.24) is 0 Å². The summed E-state index contributed by atoms with van der Waals surface area (Å²) in [5.41, 5.74) is 0.929. The van der Waals surface area contributed by atoms with Gasteiger partial charge in [-0.05, 0) is 23.8 Å². The molecule has 0 bridgehead atoms. The van der Waals surface area contributed by atoms with Crippen molar-refractivity contribution in [3.63, 3.8) is 0 Å². The average molecular weight is 198 g/mol. The van der Waals surface area contributed by atoms with E-state index in [-0.39, 0.29) is 0 Å². The maximum atomic E-state index is 9.99. The van der Waals surface area contributed by atoms with E-state index in [1.54, 1.807) is 0 Å². The molecule has 0 saturated carbocycles. The largest absolute Gasteiger partial charge is 0.299 e. The maximum Gasteiger partial charge on any atom is 0.143 e. The average Bonchev–Trinajstić information content (AvgIpc) is 1.95. The van der Waals surface area contributed by atoms with Gasteiger partial charge >= 0.3 is 0 Å². The first-order chi connectivity index (χ1) is 4.83. The fourth-order valence-corrected chi connectivity index (χ4v) is 0.917. The number of benzene rings is 1. The lowest BCUT2D eigenvalue weighted by Gasteiger charge is -1.90. The molecule has 1 radical (unpaired) electrons. The Morgan fingerprint density at radius 1 is 1.20 bits per heavy atom. The number of halogens is 1. The molecule has 0 amide bonds. The van der Waals surface area contributed by atoms with E-state index >= 15 is 0 Å². The molecule has 0 aliphatic carbocycles. The third-order valence-corrected chi connectivity index (χ3v) is 1.66. The highest BCUT2D eigenvalue weighted by Crippen LogP contribution is 2.10. The van der Waals surface area contributed by atoms with Crippen LogP contribution in [-0.4, -0.2) is 0 Å². The molecule has 0 saturated heterocycles. The van der Waals surface area contributed by atoms with Gasteiger partial charge in [-0.3, -0.25) is 5.11 Å². The molecule has 0 fully saturated rings. The molecule has 0 unspecified atom stereocenters. The summed E-state index contributed by atoms with van der Waals surface area (Å²) in [6.45, 7) is 0. The van der Waals surface area contributed by atoms with Gasteiger partial charge in [-0.1, -0.05) is 28.1 Å². The standard InChI is InChI=1S/C8H6BrO/c9-8-3-1-7(2-4-8)5-6-10/h1-6H. The molecule has 0 aromatic heterocycles. The zero-order valence-corrected chi connectivity index (χ0v) is 6.84. The third kappa shape index (κ3) is 1.88. The van der Waals surface area contributed by atoms with Gasteiger partial charge in [-0.15, -0.1) is 0 Å². The number of rotatable bonds is 1. The summed E-state index contributed by atoms with van der Waals surface area (Å²) in [6.07, 6.45) is 2.30. The Labute approximate surface area is 68.1 Å². The molecule has 1 aromatic rings. The smallest absolute Gasteiger partial charge is 0.143 e. The predicted octanol–water partition coefficient (Wildman–Crippen LogP) is 2.85. The van der Waals surface area contributed by atoms with Crippen molar-refractivity contribution >= 4 is 22.0 Å². The molecular formula is C8H6BrO. The van der Waals surface area contributed by atoms with Gasteiger partial charge < -0.3 is 0 Å².